The smallest absolute Gasteiger partial charge is 0.279 e. The summed E-state index contributed by atoms with van der Waals surface area (Å²) in [6.07, 6.45) is 5.27. The zero-order valence-electron chi connectivity index (χ0n) is 12.9. The fraction of sp³-hybridized carbons (Fsp3) is 0.529. The number of hydrogen-bond acceptors (Lipinski definition) is 2. The number of benzene rings is 1. The van der Waals surface area contributed by atoms with Crippen LogP contribution in [0, 0.1) is 5.92 Å². The normalized spacial score (nSPS) is 23.8. The monoisotopic (exact) mass is 302 g/mol. The molecule has 0 bridgehead atoms. The average molecular weight is 302 g/mol. The van der Waals surface area contributed by atoms with Crippen molar-refractivity contribution in [1.82, 2.24) is 0 Å². The largest absolute Gasteiger partial charge is 0.369 e. The van der Waals surface area contributed by atoms with E-state index >= 15 is 0 Å². The molecule has 1 fully saturated rings. The molecule has 22 heavy (non-hydrogen) atoms. The zero-order valence-corrected chi connectivity index (χ0v) is 12.9. The lowest BCUT2D eigenvalue weighted by Gasteiger charge is -2.27. The summed E-state index contributed by atoms with van der Waals surface area (Å²) in [5, 5.41) is 2.99. The Labute approximate surface area is 130 Å². The molecule has 1 aliphatic carbocycles. The lowest BCUT2D eigenvalue weighted by molar-refractivity contribution is -0.899. The van der Waals surface area contributed by atoms with Crippen molar-refractivity contribution < 1.29 is 14.5 Å². The molecule has 2 amide bonds. The number of rotatable bonds is 4. The maximum absolute atomic E-state index is 12.2. The molecule has 2 atom stereocenters. The summed E-state index contributed by atoms with van der Waals surface area (Å²) in [6.45, 7) is 2.01. The quantitative estimate of drug-likeness (QED) is 0.726. The Morgan fingerprint density at radius 1 is 1.23 bits per heavy atom. The molecule has 0 saturated carbocycles. The molecule has 0 aromatic heterocycles. The number of primary amides is 1. The van der Waals surface area contributed by atoms with Gasteiger partial charge < -0.3 is 16.0 Å². The maximum atomic E-state index is 12.2. The number of carbonyl (C=O) groups is 2. The average Bonchev–Trinajstić information content (AvgIpc) is 2.95. The number of fused-ring (bicyclic) bond motifs is 1. The summed E-state index contributed by atoms with van der Waals surface area (Å²) < 4.78 is 0. The van der Waals surface area contributed by atoms with Crippen molar-refractivity contribution in [3.05, 3.63) is 29.3 Å². The van der Waals surface area contributed by atoms with Crippen LogP contribution in [0.1, 0.15) is 30.4 Å². The number of amides is 2. The van der Waals surface area contributed by atoms with E-state index in [1.807, 2.05) is 6.07 Å². The second kappa shape index (κ2) is 6.48. The van der Waals surface area contributed by atoms with Gasteiger partial charge in [0.2, 0.25) is 5.91 Å². The molecule has 1 aromatic carbocycles. The van der Waals surface area contributed by atoms with Crippen molar-refractivity contribution in [2.45, 2.75) is 32.1 Å². The number of aryl methyl sites for hydroxylation is 2. The number of piperidine rings is 1. The highest BCUT2D eigenvalue weighted by Crippen LogP contribution is 2.24. The van der Waals surface area contributed by atoms with Gasteiger partial charge in [0.15, 0.2) is 6.54 Å². The topological polar surface area (TPSA) is 76.6 Å². The molecule has 0 spiro atoms. The second-order valence-electron chi connectivity index (χ2n) is 6.51. The van der Waals surface area contributed by atoms with Crippen LogP contribution < -0.4 is 16.0 Å². The first-order chi connectivity index (χ1) is 10.6. The van der Waals surface area contributed by atoms with Crippen molar-refractivity contribution in [3.8, 4) is 0 Å². The van der Waals surface area contributed by atoms with E-state index in [4.69, 9.17) is 5.73 Å². The van der Waals surface area contributed by atoms with E-state index in [-0.39, 0.29) is 17.7 Å². The first-order valence-corrected chi connectivity index (χ1v) is 8.16. The van der Waals surface area contributed by atoms with Crippen LogP contribution in [-0.4, -0.2) is 31.4 Å². The Morgan fingerprint density at radius 2 is 2.05 bits per heavy atom. The number of carbonyl (C=O) groups excluding carboxylic acids is 2. The summed E-state index contributed by atoms with van der Waals surface area (Å²) in [6, 6.07) is 6.20. The molecule has 3 rings (SSSR count). The SMILES string of the molecule is NC(=O)[C@H]1CCC[NH+](CC(=O)Nc2ccc3c(c2)CCC3)C1. The van der Waals surface area contributed by atoms with Crippen LogP contribution in [0.5, 0.6) is 0 Å². The van der Waals surface area contributed by atoms with E-state index in [0.29, 0.717) is 13.1 Å². The van der Waals surface area contributed by atoms with E-state index in [1.54, 1.807) is 0 Å². The van der Waals surface area contributed by atoms with Crippen LogP contribution in [-0.2, 0) is 22.4 Å². The molecule has 1 heterocycles. The van der Waals surface area contributed by atoms with E-state index in [1.165, 1.54) is 17.5 Å². The van der Waals surface area contributed by atoms with Gasteiger partial charge >= 0.3 is 0 Å². The first kappa shape index (κ1) is 15.0. The molecule has 1 saturated heterocycles. The Morgan fingerprint density at radius 3 is 2.86 bits per heavy atom. The Hall–Kier alpha value is -1.88. The minimum Gasteiger partial charge on any atom is -0.369 e. The molecular formula is C17H24N3O2+. The standard InChI is InChI=1S/C17H23N3O2/c18-17(22)14-5-2-8-20(10-14)11-16(21)19-15-7-6-12-3-1-4-13(12)9-15/h6-7,9,14H,1-5,8,10-11H2,(H2,18,22)(H,19,21)/p+1/t14-/m0/s1. The number of nitrogens with two attached hydrogens (primary N) is 1. The molecule has 118 valence electrons. The van der Waals surface area contributed by atoms with Gasteiger partial charge in [0.05, 0.1) is 19.0 Å². The summed E-state index contributed by atoms with van der Waals surface area (Å²) in [5.41, 5.74) is 9.03. The van der Waals surface area contributed by atoms with Crippen LogP contribution in [0.25, 0.3) is 0 Å². The maximum Gasteiger partial charge on any atom is 0.279 e. The van der Waals surface area contributed by atoms with Gasteiger partial charge in [0.25, 0.3) is 5.91 Å². The van der Waals surface area contributed by atoms with Gasteiger partial charge in [-0.15, -0.1) is 0 Å². The molecular weight excluding hydrogens is 278 g/mol. The Kier molecular flexibility index (Phi) is 4.43. The molecule has 2 aliphatic rings. The molecule has 1 aromatic rings. The predicted octanol–water partition coefficient (Wildman–Crippen LogP) is -0.106. The fourth-order valence-electron chi connectivity index (χ4n) is 3.64. The second-order valence-corrected chi connectivity index (χ2v) is 6.51. The molecule has 1 unspecified atom stereocenters. The predicted molar refractivity (Wildman–Crippen MR) is 84.6 cm³/mol. The van der Waals surface area contributed by atoms with Gasteiger partial charge in [-0.25, -0.2) is 0 Å². The minimum absolute atomic E-state index is 0.0121. The van der Waals surface area contributed by atoms with Gasteiger partial charge in [0, 0.05) is 5.69 Å². The Balaban J connectivity index is 1.55. The number of anilines is 1. The number of hydrogen-bond donors (Lipinski definition) is 3. The highest BCUT2D eigenvalue weighted by atomic mass is 16.2. The van der Waals surface area contributed by atoms with Crippen LogP contribution in [0.15, 0.2) is 18.2 Å². The van der Waals surface area contributed by atoms with E-state index < -0.39 is 0 Å². The molecule has 4 N–H and O–H groups in total. The first-order valence-electron chi connectivity index (χ1n) is 8.16. The van der Waals surface area contributed by atoms with Gasteiger partial charge in [-0.2, -0.15) is 0 Å². The van der Waals surface area contributed by atoms with Gasteiger partial charge in [0.1, 0.15) is 0 Å². The van der Waals surface area contributed by atoms with E-state index in [2.05, 4.69) is 17.4 Å². The zero-order chi connectivity index (χ0) is 15.5. The fourth-order valence-corrected chi connectivity index (χ4v) is 3.64. The minimum atomic E-state index is -0.240. The molecule has 5 nitrogen and oxygen atoms in total. The summed E-state index contributed by atoms with van der Waals surface area (Å²) in [4.78, 5) is 24.6. The lowest BCUT2D eigenvalue weighted by Crippen LogP contribution is -3.14. The van der Waals surface area contributed by atoms with Gasteiger partial charge in [-0.1, -0.05) is 6.07 Å². The van der Waals surface area contributed by atoms with Crippen molar-refractivity contribution in [2.75, 3.05) is 25.0 Å². The van der Waals surface area contributed by atoms with E-state index in [0.717, 1.165) is 42.8 Å². The number of nitrogens with one attached hydrogen (secondary N) is 2. The van der Waals surface area contributed by atoms with Crippen molar-refractivity contribution in [1.29, 1.82) is 0 Å². The summed E-state index contributed by atoms with van der Waals surface area (Å²) in [7, 11) is 0. The van der Waals surface area contributed by atoms with Crippen molar-refractivity contribution in [3.63, 3.8) is 0 Å². The summed E-state index contributed by atoms with van der Waals surface area (Å²) >= 11 is 0. The number of quaternary nitrogens is 1. The highest BCUT2D eigenvalue weighted by molar-refractivity contribution is 5.91. The van der Waals surface area contributed by atoms with Crippen LogP contribution in [0.4, 0.5) is 5.69 Å². The molecule has 0 radical (unpaired) electrons. The Bertz CT molecular complexity index is 585. The lowest BCUT2D eigenvalue weighted by atomic mass is 9.97. The molecule has 5 heteroatoms. The highest BCUT2D eigenvalue weighted by Gasteiger charge is 2.28. The third-order valence-corrected chi connectivity index (χ3v) is 4.81. The van der Waals surface area contributed by atoms with Crippen LogP contribution in [0.2, 0.25) is 0 Å². The van der Waals surface area contributed by atoms with Gasteiger partial charge in [-0.3, -0.25) is 9.59 Å². The number of likely N-dealkylation sites (tertiary alicyclic amines) is 1. The van der Waals surface area contributed by atoms with E-state index in [9.17, 15) is 9.59 Å². The third kappa shape index (κ3) is 3.47. The van der Waals surface area contributed by atoms with Crippen molar-refractivity contribution in [2.24, 2.45) is 11.7 Å². The van der Waals surface area contributed by atoms with Crippen LogP contribution in [0.3, 0.4) is 0 Å². The summed E-state index contributed by atoms with van der Waals surface area (Å²) in [5.74, 6) is -0.314. The molecule has 1 aliphatic heterocycles. The van der Waals surface area contributed by atoms with Gasteiger partial charge in [-0.05, 0) is 55.4 Å². The van der Waals surface area contributed by atoms with Crippen LogP contribution >= 0.6 is 0 Å². The third-order valence-electron chi connectivity index (χ3n) is 4.81. The van der Waals surface area contributed by atoms with Crippen molar-refractivity contribution >= 4 is 17.5 Å².